The number of hydrogen-bond acceptors (Lipinski definition) is 5. The van der Waals surface area contributed by atoms with Crippen molar-refractivity contribution in [3.8, 4) is 0 Å². The van der Waals surface area contributed by atoms with Gasteiger partial charge in [0.2, 0.25) is 0 Å². The molecule has 0 spiro atoms. The van der Waals surface area contributed by atoms with Gasteiger partial charge >= 0.3 is 0 Å². The highest BCUT2D eigenvalue weighted by atomic mass is 32.1. The third kappa shape index (κ3) is 2.65. The lowest BCUT2D eigenvalue weighted by atomic mass is 9.94. The van der Waals surface area contributed by atoms with Gasteiger partial charge in [-0.1, -0.05) is 11.3 Å². The number of nitrogen functional groups attached to an aromatic ring is 1. The Balaban J connectivity index is 1.61. The molecule has 1 amide bonds. The number of carbonyl (C=O) groups is 1. The minimum absolute atomic E-state index is 0.0798. The Hall–Kier alpha value is -2.41. The number of amides is 1. The number of nitrogens with one attached hydrogen (secondary N) is 1. The quantitative estimate of drug-likeness (QED) is 0.750. The Labute approximate surface area is 143 Å². The predicted octanol–water partition coefficient (Wildman–Crippen LogP) is 2.93. The highest BCUT2D eigenvalue weighted by molar-refractivity contribution is 7.22. The Morgan fingerprint density at radius 3 is 3.12 bits per heavy atom. The summed E-state index contributed by atoms with van der Waals surface area (Å²) < 4.78 is 0.970. The highest BCUT2D eigenvalue weighted by Crippen LogP contribution is 2.30. The van der Waals surface area contributed by atoms with Crippen molar-refractivity contribution in [2.45, 2.75) is 25.7 Å². The molecule has 3 heterocycles. The summed E-state index contributed by atoms with van der Waals surface area (Å²) >= 11 is 1.43. The van der Waals surface area contributed by atoms with Crippen LogP contribution in [0.5, 0.6) is 0 Å². The molecule has 0 saturated carbocycles. The number of aromatic nitrogens is 3. The van der Waals surface area contributed by atoms with Gasteiger partial charge in [-0.25, -0.2) is 4.98 Å². The van der Waals surface area contributed by atoms with Gasteiger partial charge in [-0.2, -0.15) is 5.10 Å². The summed E-state index contributed by atoms with van der Waals surface area (Å²) in [6, 6.07) is 5.83. The number of benzene rings is 1. The van der Waals surface area contributed by atoms with Crippen LogP contribution in [0.1, 0.15) is 40.4 Å². The zero-order chi connectivity index (χ0) is 16.7. The van der Waals surface area contributed by atoms with Crippen molar-refractivity contribution in [1.82, 2.24) is 20.1 Å². The number of rotatable bonds is 2. The van der Waals surface area contributed by atoms with Crippen molar-refractivity contribution in [2.24, 2.45) is 0 Å². The van der Waals surface area contributed by atoms with Crippen LogP contribution in [0.3, 0.4) is 0 Å². The first kappa shape index (κ1) is 15.1. The van der Waals surface area contributed by atoms with Crippen LogP contribution >= 0.6 is 11.3 Å². The molecule has 1 aliphatic heterocycles. The molecule has 0 radical (unpaired) electrons. The molecule has 1 aromatic carbocycles. The van der Waals surface area contributed by atoms with Crippen LogP contribution in [0.4, 0.5) is 5.13 Å². The van der Waals surface area contributed by atoms with E-state index in [0.29, 0.717) is 16.6 Å². The molecule has 4 rings (SSSR count). The predicted molar refractivity (Wildman–Crippen MR) is 95.2 cm³/mol. The molecule has 24 heavy (non-hydrogen) atoms. The van der Waals surface area contributed by atoms with Gasteiger partial charge in [0.05, 0.1) is 10.2 Å². The number of nitrogens with two attached hydrogens (primary N) is 1. The van der Waals surface area contributed by atoms with Gasteiger partial charge in [0.15, 0.2) is 5.13 Å². The van der Waals surface area contributed by atoms with Crippen LogP contribution in [0.25, 0.3) is 10.2 Å². The lowest BCUT2D eigenvalue weighted by Crippen LogP contribution is -2.39. The Kier molecular flexibility index (Phi) is 3.72. The van der Waals surface area contributed by atoms with Crippen molar-refractivity contribution in [3.05, 3.63) is 41.2 Å². The first-order valence-corrected chi connectivity index (χ1v) is 8.88. The molecule has 1 aliphatic rings. The first-order chi connectivity index (χ1) is 11.6. The van der Waals surface area contributed by atoms with Gasteiger partial charge in [0, 0.05) is 36.5 Å². The molecule has 0 aliphatic carbocycles. The molecule has 0 bridgehead atoms. The number of carbonyl (C=O) groups excluding carboxylic acids is 1. The second kappa shape index (κ2) is 5.90. The molecule has 7 heteroatoms. The van der Waals surface area contributed by atoms with Crippen LogP contribution in [-0.2, 0) is 0 Å². The Morgan fingerprint density at radius 1 is 1.46 bits per heavy atom. The van der Waals surface area contributed by atoms with Gasteiger partial charge < -0.3 is 10.6 Å². The lowest BCUT2D eigenvalue weighted by Gasteiger charge is -2.32. The Bertz CT molecular complexity index is 886. The first-order valence-electron chi connectivity index (χ1n) is 8.07. The molecule has 2 aromatic heterocycles. The number of piperidine rings is 1. The monoisotopic (exact) mass is 341 g/mol. The topological polar surface area (TPSA) is 87.9 Å². The average Bonchev–Trinajstić information content (AvgIpc) is 3.23. The number of fused-ring (bicyclic) bond motifs is 1. The zero-order valence-electron chi connectivity index (χ0n) is 13.5. The van der Waals surface area contributed by atoms with Crippen molar-refractivity contribution < 1.29 is 4.79 Å². The van der Waals surface area contributed by atoms with Crippen LogP contribution < -0.4 is 5.73 Å². The summed E-state index contributed by atoms with van der Waals surface area (Å²) in [5.74, 6) is 0.408. The third-order valence-corrected chi connectivity index (χ3v) is 5.45. The number of aryl methyl sites for hydroxylation is 1. The maximum absolute atomic E-state index is 13.0. The van der Waals surface area contributed by atoms with Gasteiger partial charge in [-0.15, -0.1) is 0 Å². The van der Waals surface area contributed by atoms with E-state index in [4.69, 9.17) is 5.73 Å². The van der Waals surface area contributed by atoms with Gasteiger partial charge in [0.1, 0.15) is 0 Å². The smallest absolute Gasteiger partial charge is 0.253 e. The molecule has 124 valence electrons. The lowest BCUT2D eigenvalue weighted by molar-refractivity contribution is 0.0706. The average molecular weight is 341 g/mol. The summed E-state index contributed by atoms with van der Waals surface area (Å²) in [6.07, 6.45) is 3.85. The molecule has 6 nitrogen and oxygen atoms in total. The molecule has 1 atom stereocenters. The molecule has 3 aromatic rings. The van der Waals surface area contributed by atoms with Crippen LogP contribution in [-0.4, -0.2) is 39.1 Å². The van der Waals surface area contributed by atoms with E-state index >= 15 is 0 Å². The highest BCUT2D eigenvalue weighted by Gasteiger charge is 2.26. The fourth-order valence-corrected chi connectivity index (χ4v) is 4.28. The van der Waals surface area contributed by atoms with Gasteiger partial charge in [-0.3, -0.25) is 9.89 Å². The third-order valence-electron chi connectivity index (χ3n) is 4.62. The minimum Gasteiger partial charge on any atom is -0.375 e. The van der Waals surface area contributed by atoms with E-state index in [2.05, 4.69) is 15.2 Å². The summed E-state index contributed by atoms with van der Waals surface area (Å²) in [7, 11) is 0. The maximum Gasteiger partial charge on any atom is 0.253 e. The number of thiazole rings is 1. The minimum atomic E-state index is 0.0798. The molecule has 0 unspecified atom stereocenters. The summed E-state index contributed by atoms with van der Waals surface area (Å²) in [6.45, 7) is 3.50. The van der Waals surface area contributed by atoms with E-state index in [9.17, 15) is 4.79 Å². The molecule has 3 N–H and O–H groups in total. The molecule has 1 fully saturated rings. The second-order valence-electron chi connectivity index (χ2n) is 6.29. The maximum atomic E-state index is 13.0. The van der Waals surface area contributed by atoms with E-state index in [1.54, 1.807) is 6.20 Å². The molecular weight excluding hydrogens is 322 g/mol. The SMILES string of the molecule is Cc1cc(C(=O)N2CCC[C@H](c3ccn[nH]3)C2)cc2sc(N)nc12. The van der Waals surface area contributed by atoms with Crippen LogP contribution in [0.15, 0.2) is 24.4 Å². The van der Waals surface area contributed by atoms with E-state index in [1.807, 2.05) is 30.0 Å². The van der Waals surface area contributed by atoms with Crippen molar-refractivity contribution >= 4 is 32.6 Å². The molecule has 1 saturated heterocycles. The summed E-state index contributed by atoms with van der Waals surface area (Å²) in [5, 5.41) is 7.60. The number of aromatic amines is 1. The number of H-pyrrole nitrogens is 1. The second-order valence-corrected chi connectivity index (χ2v) is 7.36. The summed E-state index contributed by atoms with van der Waals surface area (Å²) in [5.41, 5.74) is 9.51. The number of nitrogens with zero attached hydrogens (tertiary/aromatic N) is 3. The number of likely N-dealkylation sites (tertiary alicyclic amines) is 1. The van der Waals surface area contributed by atoms with E-state index in [0.717, 1.165) is 47.4 Å². The van der Waals surface area contributed by atoms with Crippen molar-refractivity contribution in [2.75, 3.05) is 18.8 Å². The van der Waals surface area contributed by atoms with Crippen LogP contribution in [0, 0.1) is 6.92 Å². The standard InChI is InChI=1S/C17H19N5OS/c1-10-7-12(8-14-15(10)20-17(18)24-14)16(23)22-6-2-3-11(9-22)13-4-5-19-21-13/h4-5,7-8,11H,2-3,6,9H2,1H3,(H2,18,20)(H,19,21)/t11-/m0/s1. The zero-order valence-corrected chi connectivity index (χ0v) is 14.3. The van der Waals surface area contributed by atoms with Crippen molar-refractivity contribution in [3.63, 3.8) is 0 Å². The van der Waals surface area contributed by atoms with E-state index < -0.39 is 0 Å². The van der Waals surface area contributed by atoms with Gasteiger partial charge in [0.25, 0.3) is 5.91 Å². The number of anilines is 1. The normalized spacial score (nSPS) is 18.2. The fourth-order valence-electron chi connectivity index (χ4n) is 3.43. The van der Waals surface area contributed by atoms with Crippen molar-refractivity contribution in [1.29, 1.82) is 0 Å². The number of hydrogen-bond donors (Lipinski definition) is 2. The summed E-state index contributed by atoms with van der Waals surface area (Å²) in [4.78, 5) is 19.2. The largest absolute Gasteiger partial charge is 0.375 e. The van der Waals surface area contributed by atoms with E-state index in [1.165, 1.54) is 11.3 Å². The van der Waals surface area contributed by atoms with E-state index in [-0.39, 0.29) is 5.91 Å². The van der Waals surface area contributed by atoms with Gasteiger partial charge in [-0.05, 0) is 43.5 Å². The Morgan fingerprint density at radius 2 is 2.33 bits per heavy atom. The molecular formula is C17H19N5OS. The van der Waals surface area contributed by atoms with Crippen LogP contribution in [0.2, 0.25) is 0 Å². The fraction of sp³-hybridized carbons (Fsp3) is 0.353.